The smallest absolute Gasteiger partial charge is 0.256 e. The summed E-state index contributed by atoms with van der Waals surface area (Å²) in [6.07, 6.45) is 3.11. The predicted molar refractivity (Wildman–Crippen MR) is 89.4 cm³/mol. The molecule has 1 atom stereocenters. The Kier molecular flexibility index (Phi) is 4.00. The van der Waals surface area contributed by atoms with E-state index in [0.29, 0.717) is 22.0 Å². The van der Waals surface area contributed by atoms with Crippen molar-refractivity contribution >= 4 is 22.2 Å². The van der Waals surface area contributed by atoms with E-state index in [2.05, 4.69) is 18.3 Å². The fourth-order valence-electron chi connectivity index (χ4n) is 2.84. The van der Waals surface area contributed by atoms with Gasteiger partial charge in [-0.25, -0.2) is 0 Å². The molecule has 1 aromatic carbocycles. The van der Waals surface area contributed by atoms with Crippen molar-refractivity contribution in [1.29, 1.82) is 5.26 Å². The van der Waals surface area contributed by atoms with E-state index in [-0.39, 0.29) is 5.91 Å². The first-order valence-electron chi connectivity index (χ1n) is 7.51. The lowest BCUT2D eigenvalue weighted by Crippen LogP contribution is -2.12. The van der Waals surface area contributed by atoms with E-state index in [1.165, 1.54) is 4.88 Å². The second-order valence-corrected chi connectivity index (χ2v) is 7.09. The molecule has 1 N–H and O–H groups in total. The number of hydrogen-bond acceptors (Lipinski definition) is 3. The molecule has 4 heteroatoms. The van der Waals surface area contributed by atoms with Gasteiger partial charge in [0.1, 0.15) is 11.1 Å². The number of aryl methyl sites for hydroxylation is 2. The van der Waals surface area contributed by atoms with Gasteiger partial charge in [0.25, 0.3) is 5.91 Å². The quantitative estimate of drug-likeness (QED) is 0.899. The average molecular weight is 310 g/mol. The highest BCUT2D eigenvalue weighted by Crippen LogP contribution is 2.39. The molecule has 0 saturated carbocycles. The van der Waals surface area contributed by atoms with Crippen LogP contribution in [0.5, 0.6) is 0 Å². The molecule has 0 bridgehead atoms. The number of nitrogens with one attached hydrogen (secondary N) is 1. The number of carbonyl (C=O) groups excluding carboxylic acids is 1. The third-order valence-corrected chi connectivity index (χ3v) is 5.37. The largest absolute Gasteiger partial charge is 0.312 e. The topological polar surface area (TPSA) is 52.9 Å². The zero-order valence-corrected chi connectivity index (χ0v) is 13.6. The minimum Gasteiger partial charge on any atom is -0.312 e. The molecule has 0 aliphatic heterocycles. The van der Waals surface area contributed by atoms with Gasteiger partial charge in [-0.2, -0.15) is 5.26 Å². The molecule has 3 nitrogen and oxygen atoms in total. The molecule has 1 aliphatic carbocycles. The Morgan fingerprint density at radius 3 is 2.77 bits per heavy atom. The highest BCUT2D eigenvalue weighted by molar-refractivity contribution is 7.16. The minimum atomic E-state index is -0.150. The monoisotopic (exact) mass is 310 g/mol. The predicted octanol–water partition coefficient (Wildman–Crippen LogP) is 4.31. The summed E-state index contributed by atoms with van der Waals surface area (Å²) < 4.78 is 0. The zero-order valence-electron chi connectivity index (χ0n) is 12.8. The van der Waals surface area contributed by atoms with E-state index in [1.807, 2.05) is 31.2 Å². The van der Waals surface area contributed by atoms with E-state index >= 15 is 0 Å². The van der Waals surface area contributed by atoms with Gasteiger partial charge >= 0.3 is 0 Å². The Bertz CT molecular complexity index is 753. The maximum Gasteiger partial charge on any atom is 0.256 e. The fraction of sp³-hybridized carbons (Fsp3) is 0.333. The lowest BCUT2D eigenvalue weighted by atomic mass is 9.88. The van der Waals surface area contributed by atoms with Crippen molar-refractivity contribution < 1.29 is 4.79 Å². The molecule has 0 fully saturated rings. The molecule has 22 heavy (non-hydrogen) atoms. The van der Waals surface area contributed by atoms with Crippen LogP contribution in [0.1, 0.15) is 45.3 Å². The van der Waals surface area contributed by atoms with Gasteiger partial charge in [-0.15, -0.1) is 11.3 Å². The third kappa shape index (κ3) is 2.77. The van der Waals surface area contributed by atoms with E-state index in [0.717, 1.165) is 30.4 Å². The summed E-state index contributed by atoms with van der Waals surface area (Å²) in [5.74, 6) is 0.456. The molecule has 0 saturated heterocycles. The van der Waals surface area contributed by atoms with Crippen LogP contribution in [0.15, 0.2) is 24.3 Å². The number of thiophene rings is 1. The van der Waals surface area contributed by atoms with Crippen molar-refractivity contribution in [2.45, 2.75) is 33.1 Å². The number of fused-ring (bicyclic) bond motifs is 1. The molecule has 3 rings (SSSR count). The van der Waals surface area contributed by atoms with Crippen LogP contribution in [0.3, 0.4) is 0 Å². The number of anilines is 1. The molecule has 2 aromatic rings. The molecule has 112 valence electrons. The summed E-state index contributed by atoms with van der Waals surface area (Å²) in [5.41, 5.74) is 3.54. The maximum atomic E-state index is 12.4. The van der Waals surface area contributed by atoms with Crippen LogP contribution in [-0.2, 0) is 12.8 Å². The Labute approximate surface area is 134 Å². The third-order valence-electron chi connectivity index (χ3n) is 4.16. The van der Waals surface area contributed by atoms with E-state index in [4.69, 9.17) is 0 Å². The molecule has 1 heterocycles. The van der Waals surface area contributed by atoms with Gasteiger partial charge in [0, 0.05) is 10.4 Å². The van der Waals surface area contributed by atoms with Crippen molar-refractivity contribution in [1.82, 2.24) is 0 Å². The van der Waals surface area contributed by atoms with Gasteiger partial charge < -0.3 is 5.32 Å². The van der Waals surface area contributed by atoms with Crippen LogP contribution in [-0.4, -0.2) is 5.91 Å². The Morgan fingerprint density at radius 1 is 1.36 bits per heavy atom. The number of nitriles is 1. The first-order valence-corrected chi connectivity index (χ1v) is 8.32. The van der Waals surface area contributed by atoms with Crippen LogP contribution in [0.4, 0.5) is 5.00 Å². The van der Waals surface area contributed by atoms with E-state index in [9.17, 15) is 10.1 Å². The normalized spacial score (nSPS) is 16.7. The fourth-order valence-corrected chi connectivity index (χ4v) is 4.03. The SMILES string of the molecule is Cc1ccc(C(=O)Nc2sc3c(c2C#N)CC(C)CC3)cc1. The number of amides is 1. The van der Waals surface area contributed by atoms with Gasteiger partial charge in [0.05, 0.1) is 5.56 Å². The molecule has 1 unspecified atom stereocenters. The van der Waals surface area contributed by atoms with Crippen molar-refractivity contribution in [3.63, 3.8) is 0 Å². The van der Waals surface area contributed by atoms with Crippen molar-refractivity contribution in [3.05, 3.63) is 51.4 Å². The zero-order chi connectivity index (χ0) is 15.7. The summed E-state index contributed by atoms with van der Waals surface area (Å²) in [6.45, 7) is 4.20. The standard InChI is InChI=1S/C18H18N2OS/c1-11-3-6-13(7-4-11)17(21)20-18-15(10-19)14-9-12(2)5-8-16(14)22-18/h3-4,6-7,12H,5,8-9H2,1-2H3,(H,20,21). The van der Waals surface area contributed by atoms with Crippen molar-refractivity contribution in [3.8, 4) is 6.07 Å². The van der Waals surface area contributed by atoms with Crippen LogP contribution < -0.4 is 5.32 Å². The second kappa shape index (κ2) is 5.94. The highest BCUT2D eigenvalue weighted by atomic mass is 32.1. The van der Waals surface area contributed by atoms with E-state index < -0.39 is 0 Å². The summed E-state index contributed by atoms with van der Waals surface area (Å²) in [6, 6.07) is 9.75. The molecule has 0 radical (unpaired) electrons. The summed E-state index contributed by atoms with van der Waals surface area (Å²) in [5, 5.41) is 13.1. The Hall–Kier alpha value is -2.12. The van der Waals surface area contributed by atoms with Crippen molar-refractivity contribution in [2.24, 2.45) is 5.92 Å². The molecule has 1 aromatic heterocycles. The Balaban J connectivity index is 1.88. The summed E-state index contributed by atoms with van der Waals surface area (Å²) >= 11 is 1.56. The summed E-state index contributed by atoms with van der Waals surface area (Å²) in [7, 11) is 0. The number of rotatable bonds is 2. The lowest BCUT2D eigenvalue weighted by molar-refractivity contribution is 0.102. The highest BCUT2D eigenvalue weighted by Gasteiger charge is 2.24. The van der Waals surface area contributed by atoms with Crippen molar-refractivity contribution in [2.75, 3.05) is 5.32 Å². The minimum absolute atomic E-state index is 0.150. The summed E-state index contributed by atoms with van der Waals surface area (Å²) in [4.78, 5) is 13.6. The van der Waals surface area contributed by atoms with Gasteiger partial charge in [-0.05, 0) is 49.8 Å². The molecular weight excluding hydrogens is 292 g/mol. The number of benzene rings is 1. The number of carbonyl (C=O) groups is 1. The average Bonchev–Trinajstić information content (AvgIpc) is 2.84. The molecule has 1 amide bonds. The maximum absolute atomic E-state index is 12.4. The second-order valence-electron chi connectivity index (χ2n) is 5.99. The van der Waals surface area contributed by atoms with Crippen LogP contribution in [0.2, 0.25) is 0 Å². The van der Waals surface area contributed by atoms with Crippen LogP contribution >= 0.6 is 11.3 Å². The van der Waals surface area contributed by atoms with Crippen LogP contribution in [0.25, 0.3) is 0 Å². The number of hydrogen-bond donors (Lipinski definition) is 1. The van der Waals surface area contributed by atoms with Crippen LogP contribution in [0, 0.1) is 24.2 Å². The van der Waals surface area contributed by atoms with Gasteiger partial charge in [-0.1, -0.05) is 24.6 Å². The molecule has 0 spiro atoms. The van der Waals surface area contributed by atoms with Gasteiger partial charge in [0.2, 0.25) is 0 Å². The first-order chi connectivity index (χ1) is 10.6. The number of nitrogens with zero attached hydrogens (tertiary/aromatic N) is 1. The lowest BCUT2D eigenvalue weighted by Gasteiger charge is -2.17. The Morgan fingerprint density at radius 2 is 2.09 bits per heavy atom. The van der Waals surface area contributed by atoms with Gasteiger partial charge in [-0.3, -0.25) is 4.79 Å². The first kappa shape index (κ1) is 14.8. The molecule has 1 aliphatic rings. The van der Waals surface area contributed by atoms with E-state index in [1.54, 1.807) is 11.3 Å². The molecular formula is C18H18N2OS. The van der Waals surface area contributed by atoms with Gasteiger partial charge in [0.15, 0.2) is 0 Å².